The highest BCUT2D eigenvalue weighted by Crippen LogP contribution is 2.53. The summed E-state index contributed by atoms with van der Waals surface area (Å²) in [4.78, 5) is 31.9. The van der Waals surface area contributed by atoms with Crippen molar-refractivity contribution < 1.29 is 0 Å². The lowest BCUT2D eigenvalue weighted by Crippen LogP contribution is -2.04. The molecule has 12 aromatic heterocycles. The Hall–Kier alpha value is -13.7. The Morgan fingerprint density at radius 1 is 0.188 bits per heavy atom. The van der Waals surface area contributed by atoms with Crippen LogP contribution in [0.3, 0.4) is 0 Å². The summed E-state index contributed by atoms with van der Waals surface area (Å²) in [5.41, 5.74) is 16.2. The van der Waals surface area contributed by atoms with Gasteiger partial charge in [0.15, 0.2) is 0 Å². The van der Waals surface area contributed by atoms with Crippen LogP contribution < -0.4 is 0 Å². The second-order valence-electron chi connectivity index (χ2n) is 29.5. The number of benzene rings is 15. The van der Waals surface area contributed by atoms with Crippen LogP contribution >= 0.6 is 68.0 Å². The van der Waals surface area contributed by atoms with Gasteiger partial charge in [-0.3, -0.25) is 13.7 Å². The van der Waals surface area contributed by atoms with Crippen LogP contribution in [-0.2, 0) is 0 Å². The van der Waals surface area contributed by atoms with E-state index < -0.39 is 0 Å². The first kappa shape index (κ1) is 66.7. The van der Waals surface area contributed by atoms with Gasteiger partial charge in [0.1, 0.15) is 0 Å². The molecule has 27 aromatic rings. The first-order valence-corrected chi connectivity index (χ1v) is 43.7. The molecule has 0 radical (unpaired) electrons. The van der Waals surface area contributed by atoms with Gasteiger partial charge in [0.05, 0.1) is 94.9 Å². The van der Waals surface area contributed by atoms with Gasteiger partial charge < -0.3 is 0 Å². The molecule has 0 unspecified atom stereocenters. The van der Waals surface area contributed by atoms with Crippen molar-refractivity contribution in [2.24, 2.45) is 0 Å². The number of rotatable bonds is 6. The normalized spacial score (nSPS) is 12.1. The number of hydrogen-bond donors (Lipinski definition) is 0. The van der Waals surface area contributed by atoms with Crippen LogP contribution in [0.4, 0.5) is 0 Å². The molecule has 546 valence electrons. The summed E-state index contributed by atoms with van der Waals surface area (Å²) in [7, 11) is 0. The summed E-state index contributed by atoms with van der Waals surface area (Å²) in [5.74, 6) is 2.14. The fourth-order valence-corrected chi connectivity index (χ4v) is 25.2. The molecule has 0 bridgehead atoms. The summed E-state index contributed by atoms with van der Waals surface area (Å²) in [6.45, 7) is 0. The molecule has 0 aliphatic rings. The van der Waals surface area contributed by atoms with Crippen molar-refractivity contribution in [2.75, 3.05) is 0 Å². The van der Waals surface area contributed by atoms with Gasteiger partial charge in [0.2, 0.25) is 17.8 Å². The van der Waals surface area contributed by atoms with Crippen molar-refractivity contribution >= 4 is 255 Å². The number of para-hydroxylation sites is 2. The Balaban J connectivity index is 0.0000000986. The molecule has 9 nitrogen and oxygen atoms in total. The second-order valence-corrected chi connectivity index (χ2v) is 35.8. The minimum absolute atomic E-state index is 0.707. The monoisotopic (exact) mass is 1600 g/mol. The Labute approximate surface area is 690 Å². The second kappa shape index (κ2) is 26.4. The molecule has 12 heterocycles. The van der Waals surface area contributed by atoms with E-state index in [4.69, 9.17) is 29.9 Å². The minimum atomic E-state index is 0.707. The lowest BCUT2D eigenvalue weighted by atomic mass is 9.98. The topological polar surface area (TPSA) is 92.1 Å². The van der Waals surface area contributed by atoms with Gasteiger partial charge in [0, 0.05) is 98.8 Å². The molecule has 15 aromatic carbocycles. The third-order valence-electron chi connectivity index (χ3n) is 22.9. The summed E-state index contributed by atoms with van der Waals surface area (Å²) in [5, 5.41) is 17.8. The van der Waals surface area contributed by atoms with Crippen molar-refractivity contribution in [3.63, 3.8) is 0 Å². The van der Waals surface area contributed by atoms with Crippen LogP contribution in [0.5, 0.6) is 0 Å². The van der Waals surface area contributed by atoms with Gasteiger partial charge in [-0.2, -0.15) is 0 Å². The molecule has 15 heteroatoms. The summed E-state index contributed by atoms with van der Waals surface area (Å²) >= 11 is 11.2. The molecule has 27 rings (SSSR count). The molecule has 117 heavy (non-hydrogen) atoms. The number of thiophene rings is 6. The summed E-state index contributed by atoms with van der Waals surface area (Å²) in [6.07, 6.45) is 0. The zero-order valence-electron chi connectivity index (χ0n) is 61.9. The van der Waals surface area contributed by atoms with E-state index in [1.165, 1.54) is 149 Å². The van der Waals surface area contributed by atoms with Crippen LogP contribution in [0, 0.1) is 0 Å². The third-order valence-corrected chi connectivity index (χ3v) is 30.3. The van der Waals surface area contributed by atoms with Gasteiger partial charge >= 0.3 is 0 Å². The highest BCUT2D eigenvalue weighted by Gasteiger charge is 2.29. The minimum Gasteiger partial charge on any atom is -0.275 e. The highest BCUT2D eigenvalue weighted by molar-refractivity contribution is 7.35. The molecule has 0 aliphatic heterocycles. The maximum atomic E-state index is 5.50. The van der Waals surface area contributed by atoms with E-state index in [9.17, 15) is 0 Å². The van der Waals surface area contributed by atoms with Gasteiger partial charge in [-0.25, -0.2) is 29.9 Å². The van der Waals surface area contributed by atoms with E-state index in [2.05, 4.69) is 353 Å². The molecule has 0 atom stereocenters. The predicted molar refractivity (Wildman–Crippen MR) is 503 cm³/mol. The van der Waals surface area contributed by atoms with Gasteiger partial charge in [-0.1, -0.05) is 285 Å². The Morgan fingerprint density at radius 3 is 0.949 bits per heavy atom. The van der Waals surface area contributed by atoms with Gasteiger partial charge in [0.25, 0.3) is 0 Å². The number of aromatic nitrogens is 9. The van der Waals surface area contributed by atoms with Crippen LogP contribution in [0.2, 0.25) is 0 Å². The first-order chi connectivity index (χ1) is 58.0. The lowest BCUT2D eigenvalue weighted by Gasteiger charge is -2.14. The smallest absolute Gasteiger partial charge is 0.235 e. The largest absolute Gasteiger partial charge is 0.275 e. The Morgan fingerprint density at radius 2 is 0.504 bits per heavy atom. The predicted octanol–water partition coefficient (Wildman–Crippen LogP) is 29.9. The molecule has 0 amide bonds. The van der Waals surface area contributed by atoms with Crippen LogP contribution in [0.15, 0.2) is 346 Å². The van der Waals surface area contributed by atoms with Crippen LogP contribution in [-0.4, -0.2) is 43.6 Å². The molecule has 0 saturated heterocycles. The van der Waals surface area contributed by atoms with E-state index in [1.807, 2.05) is 74.1 Å². The zero-order valence-corrected chi connectivity index (χ0v) is 66.8. The van der Waals surface area contributed by atoms with E-state index in [0.29, 0.717) is 11.9 Å². The van der Waals surface area contributed by atoms with E-state index in [0.717, 1.165) is 77.8 Å². The van der Waals surface area contributed by atoms with Crippen LogP contribution in [0.25, 0.3) is 238 Å². The standard InChI is InChI=1S/C38H21N3S2.C34H19N3S2.C30H17N3S2/c1-3-13-24-22(10-1)12-9-17-26(24)33-29-21-20-23-11-2-4-14-25(23)32(29)39-38(40-33)41-34-27-15-5-7-18-30(27)42-36(34)37-35(41)28-16-6-8-19-31(28)43-37;1-2-10-21-19-22(18-17-20(21)9-1)29-23-11-3-6-14-26(23)35-34(36-29)37-30-24-12-4-7-15-27(24)38-32(30)33-31(37)25-13-5-8-16-28(25)39-33;1-2-10-18(11-3-1)25-19-12-4-7-15-22(19)31-30(32-25)33-26-20-13-5-8-16-23(20)34-28(26)29-27(33)21-14-6-9-17-24(21)35-29/h1-21H;1-19H;1-17H. The molecule has 0 N–H and O–H groups in total. The molecule has 0 saturated carbocycles. The fraction of sp³-hybridized carbons (Fsp3) is 0. The maximum Gasteiger partial charge on any atom is 0.235 e. The number of fused-ring (bicyclic) bond motifs is 28. The van der Waals surface area contributed by atoms with Crippen molar-refractivity contribution in [1.82, 2.24) is 43.6 Å². The first-order valence-electron chi connectivity index (χ1n) is 38.8. The molecule has 0 spiro atoms. The van der Waals surface area contributed by atoms with E-state index in [-0.39, 0.29) is 0 Å². The molecule has 0 fully saturated rings. The molecule has 0 aliphatic carbocycles. The maximum absolute atomic E-state index is 5.50. The SMILES string of the molecule is c1ccc(-c2nc(-n3c4c5ccccc5sc4c4sc5ccccc5c43)nc3ccccc23)cc1.c1ccc2c(-c3nc(-n4c5c6ccccc6sc5c5sc6ccccc6c54)nc4c3ccc3ccccc34)cccc2c1.c1ccc2cc(-c3nc(-n4c5c6ccccc6sc5c5sc6ccccc6c54)nc4ccccc34)ccc2c1. The van der Waals surface area contributed by atoms with Crippen molar-refractivity contribution in [2.45, 2.75) is 0 Å². The number of nitrogens with zero attached hydrogens (tertiary/aromatic N) is 9. The highest BCUT2D eigenvalue weighted by atomic mass is 32.1. The van der Waals surface area contributed by atoms with Crippen LogP contribution in [0.1, 0.15) is 0 Å². The third kappa shape index (κ3) is 10.3. The van der Waals surface area contributed by atoms with Crippen molar-refractivity contribution in [1.29, 1.82) is 0 Å². The lowest BCUT2D eigenvalue weighted by molar-refractivity contribution is 1.02. The Kier molecular flexibility index (Phi) is 15.0. The molecular weight excluding hydrogens is 1540 g/mol. The van der Waals surface area contributed by atoms with E-state index >= 15 is 0 Å². The molecular formula is C102H57N9S6. The van der Waals surface area contributed by atoms with Crippen molar-refractivity contribution in [3.8, 4) is 51.6 Å². The Bertz CT molecular complexity index is 8560. The van der Waals surface area contributed by atoms with Gasteiger partial charge in [-0.15, -0.1) is 68.0 Å². The fourth-order valence-electron chi connectivity index (χ4n) is 17.7. The summed E-state index contributed by atoms with van der Waals surface area (Å²) < 4.78 is 22.5. The van der Waals surface area contributed by atoms with E-state index in [1.54, 1.807) is 0 Å². The average Bonchev–Trinajstić information content (AvgIpc) is 1.62. The zero-order chi connectivity index (χ0) is 76.5. The summed E-state index contributed by atoms with van der Waals surface area (Å²) in [6, 6.07) is 122. The average molecular weight is 1600 g/mol. The van der Waals surface area contributed by atoms with Crippen molar-refractivity contribution in [3.05, 3.63) is 346 Å². The quantitative estimate of drug-likeness (QED) is 0.154. The van der Waals surface area contributed by atoms with Gasteiger partial charge in [-0.05, 0) is 87.6 Å². The number of hydrogen-bond acceptors (Lipinski definition) is 12.